The van der Waals surface area contributed by atoms with Crippen molar-refractivity contribution < 1.29 is 19.1 Å². The highest BCUT2D eigenvalue weighted by atomic mass is 16.6. The van der Waals surface area contributed by atoms with Crippen molar-refractivity contribution in [3.63, 3.8) is 0 Å². The maximum atomic E-state index is 12.6. The fourth-order valence-electron chi connectivity index (χ4n) is 3.14. The van der Waals surface area contributed by atoms with Crippen LogP contribution in [0.4, 0.5) is 11.4 Å². The number of carbonyl (C=O) groups is 2. The Morgan fingerprint density at radius 1 is 1.07 bits per heavy atom. The van der Waals surface area contributed by atoms with Crippen LogP contribution in [0.3, 0.4) is 0 Å². The minimum absolute atomic E-state index is 0.126. The molecule has 3 aromatic rings. The number of amides is 2. The van der Waals surface area contributed by atoms with E-state index in [-0.39, 0.29) is 18.4 Å². The number of hydrogen-bond acceptors (Lipinski definition) is 5. The van der Waals surface area contributed by atoms with E-state index in [0.717, 1.165) is 5.39 Å². The van der Waals surface area contributed by atoms with Crippen LogP contribution in [0.2, 0.25) is 0 Å². The van der Waals surface area contributed by atoms with Gasteiger partial charge in [-0.3, -0.25) is 14.6 Å². The minimum atomic E-state index is -0.320. The molecule has 1 aliphatic heterocycles. The molecule has 2 amide bonds. The maximum Gasteiger partial charge on any atom is 0.244 e. The van der Waals surface area contributed by atoms with E-state index < -0.39 is 0 Å². The lowest BCUT2D eigenvalue weighted by Gasteiger charge is -2.22. The first kappa shape index (κ1) is 17.8. The van der Waals surface area contributed by atoms with Gasteiger partial charge >= 0.3 is 0 Å². The molecule has 4 rings (SSSR count). The molecular formula is C21H19N3O4. The Labute approximate surface area is 161 Å². The first-order valence-corrected chi connectivity index (χ1v) is 8.93. The normalized spacial score (nSPS) is 12.5. The molecule has 142 valence electrons. The molecule has 7 nitrogen and oxygen atoms in total. The number of fused-ring (bicyclic) bond motifs is 2. The summed E-state index contributed by atoms with van der Waals surface area (Å²) in [7, 11) is 0. The lowest BCUT2D eigenvalue weighted by Crippen LogP contribution is -2.36. The van der Waals surface area contributed by atoms with Gasteiger partial charge in [0.25, 0.3) is 0 Å². The molecule has 0 unspecified atom stereocenters. The number of pyridine rings is 1. The van der Waals surface area contributed by atoms with Gasteiger partial charge in [-0.05, 0) is 24.3 Å². The molecule has 0 atom stereocenters. The lowest BCUT2D eigenvalue weighted by molar-refractivity contribution is -0.120. The first-order valence-electron chi connectivity index (χ1n) is 8.93. The van der Waals surface area contributed by atoms with Gasteiger partial charge in [0.2, 0.25) is 11.8 Å². The molecule has 28 heavy (non-hydrogen) atoms. The summed E-state index contributed by atoms with van der Waals surface area (Å²) in [6.07, 6.45) is 1.67. The number of nitrogens with zero attached hydrogens (tertiary/aromatic N) is 2. The van der Waals surface area contributed by atoms with E-state index in [0.29, 0.717) is 41.6 Å². The van der Waals surface area contributed by atoms with Gasteiger partial charge in [-0.1, -0.05) is 18.2 Å². The van der Waals surface area contributed by atoms with E-state index in [9.17, 15) is 9.59 Å². The standard InChI is InChI=1S/C21H19N3O4/c1-14(25)24(17-6-2-4-15-5-3-9-22-21(15)17)13-20(26)23-16-7-8-18-19(12-16)28-11-10-27-18/h2-9,12H,10-11,13H2,1H3,(H,23,26). The van der Waals surface area contributed by atoms with Gasteiger partial charge in [-0.25, -0.2) is 0 Å². The molecular weight excluding hydrogens is 358 g/mol. The van der Waals surface area contributed by atoms with Crippen molar-refractivity contribution >= 4 is 34.1 Å². The molecule has 0 fully saturated rings. The van der Waals surface area contributed by atoms with Crippen molar-refractivity contribution in [3.05, 3.63) is 54.7 Å². The van der Waals surface area contributed by atoms with Crippen LogP contribution < -0.4 is 19.7 Å². The number of ether oxygens (including phenoxy) is 2. The van der Waals surface area contributed by atoms with Gasteiger partial charge in [0.05, 0.1) is 11.2 Å². The van der Waals surface area contributed by atoms with Gasteiger partial charge in [0, 0.05) is 30.3 Å². The Morgan fingerprint density at radius 3 is 2.68 bits per heavy atom. The van der Waals surface area contributed by atoms with Crippen LogP contribution >= 0.6 is 0 Å². The van der Waals surface area contributed by atoms with Crippen molar-refractivity contribution in [2.45, 2.75) is 6.92 Å². The van der Waals surface area contributed by atoms with Crippen LogP contribution in [0, 0.1) is 0 Å². The third-order valence-electron chi connectivity index (χ3n) is 4.41. The predicted molar refractivity (Wildman–Crippen MR) is 106 cm³/mol. The molecule has 1 aliphatic rings. The number of benzene rings is 2. The second-order valence-electron chi connectivity index (χ2n) is 6.36. The van der Waals surface area contributed by atoms with Gasteiger partial charge in [0.1, 0.15) is 19.8 Å². The molecule has 0 radical (unpaired) electrons. The maximum absolute atomic E-state index is 12.6. The molecule has 0 bridgehead atoms. The zero-order valence-electron chi connectivity index (χ0n) is 15.3. The summed E-state index contributed by atoms with van der Waals surface area (Å²) in [5.41, 5.74) is 1.85. The zero-order chi connectivity index (χ0) is 19.5. The summed E-state index contributed by atoms with van der Waals surface area (Å²) < 4.78 is 11.0. The Hall–Kier alpha value is -3.61. The van der Waals surface area contributed by atoms with Crippen LogP contribution in [-0.4, -0.2) is 36.6 Å². The van der Waals surface area contributed by atoms with Crippen LogP contribution in [0.1, 0.15) is 6.92 Å². The topological polar surface area (TPSA) is 80.8 Å². The average Bonchev–Trinajstić information content (AvgIpc) is 2.71. The largest absolute Gasteiger partial charge is 0.486 e. The smallest absolute Gasteiger partial charge is 0.244 e. The second-order valence-corrected chi connectivity index (χ2v) is 6.36. The number of para-hydroxylation sites is 1. The SMILES string of the molecule is CC(=O)N(CC(=O)Nc1ccc2c(c1)OCCO2)c1cccc2cccnc12. The fraction of sp³-hybridized carbons (Fsp3) is 0.190. The van der Waals surface area contributed by atoms with Crippen molar-refractivity contribution in [2.24, 2.45) is 0 Å². The summed E-state index contributed by atoms with van der Waals surface area (Å²) in [6, 6.07) is 14.5. The van der Waals surface area contributed by atoms with Gasteiger partial charge < -0.3 is 19.7 Å². The first-order chi connectivity index (χ1) is 13.6. The molecule has 0 saturated carbocycles. The number of hydrogen-bond donors (Lipinski definition) is 1. The van der Waals surface area contributed by atoms with Crippen molar-refractivity contribution in [1.29, 1.82) is 0 Å². The minimum Gasteiger partial charge on any atom is -0.486 e. The number of rotatable bonds is 4. The molecule has 7 heteroatoms. The number of aromatic nitrogens is 1. The molecule has 0 aliphatic carbocycles. The quantitative estimate of drug-likeness (QED) is 0.756. The highest BCUT2D eigenvalue weighted by Gasteiger charge is 2.19. The van der Waals surface area contributed by atoms with Gasteiger partial charge in [-0.15, -0.1) is 0 Å². The summed E-state index contributed by atoms with van der Waals surface area (Å²) in [6.45, 7) is 2.28. The Kier molecular flexibility index (Phi) is 4.80. The fourth-order valence-corrected chi connectivity index (χ4v) is 3.14. The monoisotopic (exact) mass is 377 g/mol. The van der Waals surface area contributed by atoms with Crippen molar-refractivity contribution in [3.8, 4) is 11.5 Å². The van der Waals surface area contributed by atoms with E-state index in [1.165, 1.54) is 11.8 Å². The molecule has 2 heterocycles. The third-order valence-corrected chi connectivity index (χ3v) is 4.41. The molecule has 0 spiro atoms. The highest BCUT2D eigenvalue weighted by molar-refractivity contribution is 6.06. The summed E-state index contributed by atoms with van der Waals surface area (Å²) in [5, 5.41) is 3.71. The molecule has 2 aromatic carbocycles. The summed E-state index contributed by atoms with van der Waals surface area (Å²) >= 11 is 0. The molecule has 1 aromatic heterocycles. The van der Waals surface area contributed by atoms with E-state index in [1.807, 2.05) is 24.3 Å². The number of nitrogens with one attached hydrogen (secondary N) is 1. The van der Waals surface area contributed by atoms with Gasteiger partial charge in [-0.2, -0.15) is 0 Å². The average molecular weight is 377 g/mol. The van der Waals surface area contributed by atoms with E-state index >= 15 is 0 Å². The number of anilines is 2. The van der Waals surface area contributed by atoms with E-state index in [2.05, 4.69) is 10.3 Å². The molecule has 0 saturated heterocycles. The third kappa shape index (κ3) is 3.59. The van der Waals surface area contributed by atoms with Crippen LogP contribution in [0.25, 0.3) is 10.9 Å². The van der Waals surface area contributed by atoms with Crippen LogP contribution in [0.5, 0.6) is 11.5 Å². The van der Waals surface area contributed by atoms with Crippen molar-refractivity contribution in [1.82, 2.24) is 4.98 Å². The summed E-state index contributed by atoms with van der Waals surface area (Å²) in [5.74, 6) is 0.678. The highest BCUT2D eigenvalue weighted by Crippen LogP contribution is 2.32. The van der Waals surface area contributed by atoms with Crippen LogP contribution in [-0.2, 0) is 9.59 Å². The van der Waals surface area contributed by atoms with Crippen LogP contribution in [0.15, 0.2) is 54.7 Å². The second kappa shape index (κ2) is 7.56. The number of carbonyl (C=O) groups excluding carboxylic acids is 2. The Bertz CT molecular complexity index is 1050. The lowest BCUT2D eigenvalue weighted by atomic mass is 10.1. The van der Waals surface area contributed by atoms with E-state index in [1.54, 1.807) is 30.5 Å². The Balaban J connectivity index is 1.55. The summed E-state index contributed by atoms with van der Waals surface area (Å²) in [4.78, 5) is 30.6. The predicted octanol–water partition coefficient (Wildman–Crippen LogP) is 3.00. The zero-order valence-corrected chi connectivity index (χ0v) is 15.3. The Morgan fingerprint density at radius 2 is 1.86 bits per heavy atom. The van der Waals surface area contributed by atoms with Gasteiger partial charge in [0.15, 0.2) is 11.5 Å². The van der Waals surface area contributed by atoms with Crippen molar-refractivity contribution in [2.75, 3.05) is 30.0 Å². The van der Waals surface area contributed by atoms with E-state index in [4.69, 9.17) is 9.47 Å². The molecule has 1 N–H and O–H groups in total.